The fourth-order valence-electron chi connectivity index (χ4n) is 4.93. The predicted octanol–water partition coefficient (Wildman–Crippen LogP) is 5.22. The number of nitrogens with zero attached hydrogens (tertiary/aromatic N) is 3. The van der Waals surface area contributed by atoms with E-state index in [1.54, 1.807) is 4.90 Å². The first kappa shape index (κ1) is 28.8. The predicted molar refractivity (Wildman–Crippen MR) is 160 cm³/mol. The first-order chi connectivity index (χ1) is 18.9. The number of nitrogens with one attached hydrogen (secondary N) is 1. The third kappa shape index (κ3) is 7.48. The first-order valence-corrected chi connectivity index (χ1v) is 14.3. The average molecular weight is 553 g/mol. The summed E-state index contributed by atoms with van der Waals surface area (Å²) < 4.78 is 11.6. The van der Waals surface area contributed by atoms with E-state index in [0.29, 0.717) is 36.2 Å². The number of carbonyl (C=O) groups is 2. The van der Waals surface area contributed by atoms with Crippen molar-refractivity contribution in [2.45, 2.75) is 64.0 Å². The lowest BCUT2D eigenvalue weighted by molar-refractivity contribution is -0.124. The summed E-state index contributed by atoms with van der Waals surface area (Å²) in [7, 11) is 3.93. The summed E-state index contributed by atoms with van der Waals surface area (Å²) >= 11 is 5.79. The number of anilines is 3. The van der Waals surface area contributed by atoms with Gasteiger partial charge in [-0.15, -0.1) is 0 Å². The molecule has 2 fully saturated rings. The average Bonchev–Trinajstić information content (AvgIpc) is 3.52. The Bertz CT molecular complexity index is 1120. The lowest BCUT2D eigenvalue weighted by Crippen LogP contribution is -2.42. The summed E-state index contributed by atoms with van der Waals surface area (Å²) in [5.74, 6) is 0.337. The molecule has 210 valence electrons. The van der Waals surface area contributed by atoms with Crippen LogP contribution in [0, 0.1) is 0 Å². The van der Waals surface area contributed by atoms with Gasteiger partial charge < -0.3 is 24.6 Å². The van der Waals surface area contributed by atoms with Crippen LogP contribution in [-0.2, 0) is 14.3 Å². The van der Waals surface area contributed by atoms with Crippen molar-refractivity contribution < 1.29 is 19.1 Å². The number of thiocarbonyl (C=S) groups is 1. The topological polar surface area (TPSA) is 74.4 Å². The maximum atomic E-state index is 13.7. The van der Waals surface area contributed by atoms with Crippen molar-refractivity contribution in [3.05, 3.63) is 48.5 Å². The van der Waals surface area contributed by atoms with Crippen LogP contribution in [0.1, 0.15) is 51.9 Å². The molecule has 9 heteroatoms. The smallest absolute Gasteiger partial charge is 0.256 e. The minimum absolute atomic E-state index is 0.00629. The van der Waals surface area contributed by atoms with Crippen molar-refractivity contribution in [3.63, 3.8) is 0 Å². The minimum atomic E-state index is -0.694. The van der Waals surface area contributed by atoms with E-state index in [9.17, 15) is 9.59 Å². The van der Waals surface area contributed by atoms with E-state index in [2.05, 4.69) is 12.2 Å². The number of amides is 2. The number of ether oxygens (including phenoxy) is 2. The molecule has 2 amide bonds. The molecule has 0 bridgehead atoms. The van der Waals surface area contributed by atoms with Crippen LogP contribution < -0.4 is 19.9 Å². The Balaban J connectivity index is 1.41. The lowest BCUT2D eigenvalue weighted by Gasteiger charge is -2.26. The molecular weight excluding hydrogens is 512 g/mol. The zero-order valence-corrected chi connectivity index (χ0v) is 24.0. The number of rotatable bonds is 13. The molecule has 2 aliphatic rings. The van der Waals surface area contributed by atoms with Gasteiger partial charge >= 0.3 is 0 Å². The summed E-state index contributed by atoms with van der Waals surface area (Å²) in [5.41, 5.74) is 2.38. The fourth-order valence-corrected chi connectivity index (χ4v) is 5.32. The van der Waals surface area contributed by atoms with Crippen LogP contribution in [0.5, 0.6) is 5.75 Å². The summed E-state index contributed by atoms with van der Waals surface area (Å²) in [6.45, 7) is 4.06. The van der Waals surface area contributed by atoms with Gasteiger partial charge in [0, 0.05) is 38.6 Å². The molecular formula is C30H40N4O4S. The molecule has 1 N–H and O–H groups in total. The normalized spacial score (nSPS) is 19.1. The molecule has 0 aromatic heterocycles. The molecule has 2 atom stereocenters. The van der Waals surface area contributed by atoms with Gasteiger partial charge in [-0.1, -0.05) is 26.2 Å². The minimum Gasteiger partial charge on any atom is -0.494 e. The lowest BCUT2D eigenvalue weighted by atomic mass is 10.1. The molecule has 8 nitrogen and oxygen atoms in total. The molecule has 0 saturated carbocycles. The molecule has 2 heterocycles. The fraction of sp³-hybridized carbons (Fsp3) is 0.500. The van der Waals surface area contributed by atoms with Crippen LogP contribution in [0.25, 0.3) is 0 Å². The third-order valence-electron chi connectivity index (χ3n) is 7.15. The highest BCUT2D eigenvalue weighted by Gasteiger charge is 2.45. The monoisotopic (exact) mass is 552 g/mol. The second-order valence-corrected chi connectivity index (χ2v) is 10.7. The standard InChI is InChI=1S/C30H40N4O4S/c1-4-5-6-7-18-37-25-16-10-22(11-17-25)31-28(35)20-27-29(36)34(24-14-12-23(13-15-24)32(2)3)30(39)33(27)21-26-9-8-19-38-26/h10-17,26-27H,4-9,18-21H2,1-3H3,(H,31,35)/t26-,27-/m0/s1. The SMILES string of the molecule is CCCCCCOc1ccc(NC(=O)C[C@H]2C(=O)N(c3ccc(N(C)C)cc3)C(=S)N2C[C@@H]2CCCO2)cc1. The molecule has 39 heavy (non-hydrogen) atoms. The van der Waals surface area contributed by atoms with Crippen molar-refractivity contribution in [1.82, 2.24) is 4.90 Å². The van der Waals surface area contributed by atoms with E-state index < -0.39 is 6.04 Å². The van der Waals surface area contributed by atoms with E-state index in [1.165, 1.54) is 12.8 Å². The molecule has 4 rings (SSSR count). The van der Waals surface area contributed by atoms with Gasteiger partial charge in [-0.25, -0.2) is 0 Å². The van der Waals surface area contributed by atoms with Crippen molar-refractivity contribution in [1.29, 1.82) is 0 Å². The Hall–Kier alpha value is -3.17. The van der Waals surface area contributed by atoms with E-state index in [0.717, 1.165) is 37.1 Å². The Morgan fingerprint density at radius 3 is 2.49 bits per heavy atom. The summed E-state index contributed by atoms with van der Waals surface area (Å²) in [4.78, 5) is 32.2. The van der Waals surface area contributed by atoms with Crippen molar-refractivity contribution in [2.75, 3.05) is 49.0 Å². The molecule has 0 unspecified atom stereocenters. The van der Waals surface area contributed by atoms with Gasteiger partial charge in [0.05, 0.1) is 24.8 Å². The Morgan fingerprint density at radius 2 is 1.85 bits per heavy atom. The summed E-state index contributed by atoms with van der Waals surface area (Å²) in [6, 6.07) is 14.3. The molecule has 0 aliphatic carbocycles. The number of benzene rings is 2. The maximum Gasteiger partial charge on any atom is 0.256 e. The molecule has 0 radical (unpaired) electrons. The van der Waals surface area contributed by atoms with Crippen LogP contribution in [0.4, 0.5) is 17.1 Å². The highest BCUT2D eigenvalue weighted by atomic mass is 32.1. The third-order valence-corrected chi connectivity index (χ3v) is 7.57. The largest absolute Gasteiger partial charge is 0.494 e. The zero-order chi connectivity index (χ0) is 27.8. The Labute approximate surface area is 237 Å². The zero-order valence-electron chi connectivity index (χ0n) is 23.2. The van der Waals surface area contributed by atoms with Crippen molar-refractivity contribution >= 4 is 46.2 Å². The Morgan fingerprint density at radius 1 is 1.10 bits per heavy atom. The highest BCUT2D eigenvalue weighted by molar-refractivity contribution is 7.80. The van der Waals surface area contributed by atoms with Crippen LogP contribution in [0.3, 0.4) is 0 Å². The summed E-state index contributed by atoms with van der Waals surface area (Å²) in [5, 5.41) is 3.34. The molecule has 2 aromatic carbocycles. The van der Waals surface area contributed by atoms with Gasteiger partial charge in [-0.2, -0.15) is 0 Å². The summed E-state index contributed by atoms with van der Waals surface area (Å²) in [6.07, 6.45) is 6.49. The van der Waals surface area contributed by atoms with Gasteiger partial charge in [-0.3, -0.25) is 14.5 Å². The molecule has 2 aliphatic heterocycles. The number of unbranched alkanes of at least 4 members (excludes halogenated alkanes) is 3. The van der Waals surface area contributed by atoms with E-state index in [1.807, 2.05) is 72.4 Å². The van der Waals surface area contributed by atoms with Gasteiger partial charge in [0.2, 0.25) is 5.91 Å². The van der Waals surface area contributed by atoms with Gasteiger partial charge in [-0.05, 0) is 80.0 Å². The van der Waals surface area contributed by atoms with E-state index in [-0.39, 0.29) is 24.3 Å². The second-order valence-electron chi connectivity index (χ2n) is 10.4. The van der Waals surface area contributed by atoms with Crippen LogP contribution in [0.2, 0.25) is 0 Å². The van der Waals surface area contributed by atoms with Gasteiger partial charge in [0.1, 0.15) is 11.8 Å². The number of carbonyl (C=O) groups excluding carboxylic acids is 2. The van der Waals surface area contributed by atoms with E-state index >= 15 is 0 Å². The first-order valence-electron chi connectivity index (χ1n) is 13.9. The maximum absolute atomic E-state index is 13.7. The quantitative estimate of drug-likeness (QED) is 0.270. The van der Waals surface area contributed by atoms with Gasteiger partial charge in [0.15, 0.2) is 5.11 Å². The molecule has 0 spiro atoms. The number of hydrogen-bond acceptors (Lipinski definition) is 6. The second kappa shape index (κ2) is 13.8. The van der Waals surface area contributed by atoms with Crippen LogP contribution in [0.15, 0.2) is 48.5 Å². The van der Waals surface area contributed by atoms with Crippen LogP contribution in [-0.4, -0.2) is 67.8 Å². The van der Waals surface area contributed by atoms with Crippen molar-refractivity contribution in [2.24, 2.45) is 0 Å². The number of hydrogen-bond donors (Lipinski definition) is 1. The van der Waals surface area contributed by atoms with Crippen LogP contribution >= 0.6 is 12.2 Å². The molecule has 2 saturated heterocycles. The van der Waals surface area contributed by atoms with Gasteiger partial charge in [0.25, 0.3) is 5.91 Å². The molecule has 2 aromatic rings. The van der Waals surface area contributed by atoms with Crippen molar-refractivity contribution in [3.8, 4) is 5.75 Å². The van der Waals surface area contributed by atoms with E-state index in [4.69, 9.17) is 21.7 Å². The Kier molecular flexibility index (Phi) is 10.2. The highest BCUT2D eigenvalue weighted by Crippen LogP contribution is 2.30.